The van der Waals surface area contributed by atoms with Crippen LogP contribution >= 0.6 is 11.3 Å². The second kappa shape index (κ2) is 11.0. The molecule has 1 aliphatic carbocycles. The molecule has 4 rings (SSSR count). The maximum atomic E-state index is 15.2. The Labute approximate surface area is 236 Å². The van der Waals surface area contributed by atoms with Gasteiger partial charge in [-0.1, -0.05) is 20.8 Å². The van der Waals surface area contributed by atoms with Crippen LogP contribution in [0.1, 0.15) is 64.3 Å². The van der Waals surface area contributed by atoms with Gasteiger partial charge in [-0.2, -0.15) is 0 Å². The normalized spacial score (nSPS) is 21.5. The van der Waals surface area contributed by atoms with Crippen LogP contribution in [0.3, 0.4) is 0 Å². The van der Waals surface area contributed by atoms with Gasteiger partial charge in [0, 0.05) is 24.1 Å². The molecule has 9 nitrogen and oxygen atoms in total. The van der Waals surface area contributed by atoms with Crippen LogP contribution in [0.4, 0.5) is 8.78 Å². The molecule has 0 bridgehead atoms. The van der Waals surface area contributed by atoms with E-state index in [1.165, 1.54) is 29.4 Å². The Bertz CT molecular complexity index is 1310. The topological polar surface area (TPSA) is 121 Å². The summed E-state index contributed by atoms with van der Waals surface area (Å²) in [5.74, 6) is -2.11. The number of likely N-dealkylation sites (tertiary alicyclic amines) is 1. The molecule has 40 heavy (non-hydrogen) atoms. The zero-order chi connectivity index (χ0) is 29.6. The van der Waals surface area contributed by atoms with Crippen LogP contribution in [0.15, 0.2) is 17.6 Å². The minimum absolute atomic E-state index is 0.0166. The summed E-state index contributed by atoms with van der Waals surface area (Å²) in [5.41, 5.74) is 0.298. The van der Waals surface area contributed by atoms with Gasteiger partial charge in [-0.25, -0.2) is 13.8 Å². The molecule has 2 heterocycles. The number of hydrogen-bond acceptors (Lipinski definition) is 7. The molecule has 1 saturated heterocycles. The van der Waals surface area contributed by atoms with Gasteiger partial charge in [0.1, 0.15) is 23.7 Å². The highest BCUT2D eigenvalue weighted by Crippen LogP contribution is 2.41. The lowest BCUT2D eigenvalue weighted by molar-refractivity contribution is -0.145. The molecule has 4 atom stereocenters. The Balaban J connectivity index is 1.54. The highest BCUT2D eigenvalue weighted by Gasteiger charge is 2.53. The fourth-order valence-electron chi connectivity index (χ4n) is 4.92. The van der Waals surface area contributed by atoms with Crippen LogP contribution in [0, 0.1) is 18.2 Å². The molecule has 3 amide bonds. The molecule has 0 radical (unpaired) electrons. The van der Waals surface area contributed by atoms with E-state index in [4.69, 9.17) is 4.74 Å². The predicted octanol–water partition coefficient (Wildman–Crippen LogP) is 3.44. The van der Waals surface area contributed by atoms with Crippen molar-refractivity contribution in [2.45, 2.75) is 83.8 Å². The molecule has 3 N–H and O–H groups in total. The van der Waals surface area contributed by atoms with Crippen LogP contribution in [-0.4, -0.2) is 70.2 Å². The minimum atomic E-state index is -1.97. The summed E-state index contributed by atoms with van der Waals surface area (Å²) < 4.78 is 35.1. The van der Waals surface area contributed by atoms with Crippen LogP contribution in [0.2, 0.25) is 0 Å². The lowest BCUT2D eigenvalue weighted by atomic mass is 9.85. The van der Waals surface area contributed by atoms with Crippen molar-refractivity contribution in [3.8, 4) is 16.2 Å². The molecule has 12 heteroatoms. The molecule has 0 spiro atoms. The Morgan fingerprint density at radius 2 is 1.93 bits per heavy atom. The molecule has 0 unspecified atom stereocenters. The van der Waals surface area contributed by atoms with Gasteiger partial charge in [-0.15, -0.1) is 11.3 Å². The highest BCUT2D eigenvalue weighted by atomic mass is 32.1. The number of halogens is 2. The van der Waals surface area contributed by atoms with Gasteiger partial charge in [0.25, 0.3) is 5.91 Å². The van der Waals surface area contributed by atoms with Crippen molar-refractivity contribution < 1.29 is 33.0 Å². The van der Waals surface area contributed by atoms with Crippen molar-refractivity contribution in [3.63, 3.8) is 0 Å². The average Bonchev–Trinajstić information content (AvgIpc) is 3.29. The SMILES string of the molecule is COc1cc(-c2scnc2C)c(F)cc1[C@H](C)NC(=O)[C@@H]1C[C@@H](O)CN1C(=O)[C@H](NC(=O)C1(F)CC1)C(C)(C)C. The van der Waals surface area contributed by atoms with Gasteiger partial charge in [-0.05, 0) is 44.2 Å². The van der Waals surface area contributed by atoms with E-state index in [2.05, 4.69) is 15.6 Å². The third kappa shape index (κ3) is 5.97. The van der Waals surface area contributed by atoms with Crippen LogP contribution in [-0.2, 0) is 14.4 Å². The first-order chi connectivity index (χ1) is 18.7. The number of aromatic nitrogens is 1. The number of methoxy groups -OCH3 is 1. The molecule has 2 fully saturated rings. The summed E-state index contributed by atoms with van der Waals surface area (Å²) >= 11 is 1.31. The first-order valence-electron chi connectivity index (χ1n) is 13.2. The maximum absolute atomic E-state index is 15.2. The summed E-state index contributed by atoms with van der Waals surface area (Å²) in [6, 6.07) is 0.0187. The van der Waals surface area contributed by atoms with Gasteiger partial charge in [0.2, 0.25) is 11.8 Å². The lowest BCUT2D eigenvalue weighted by Crippen LogP contribution is -2.59. The quantitative estimate of drug-likeness (QED) is 0.442. The Morgan fingerprint density at radius 1 is 1.25 bits per heavy atom. The van der Waals surface area contributed by atoms with E-state index < -0.39 is 58.9 Å². The number of rotatable bonds is 8. The molecule has 1 aromatic heterocycles. The zero-order valence-electron chi connectivity index (χ0n) is 23.5. The number of carbonyl (C=O) groups is 3. The number of carbonyl (C=O) groups excluding carboxylic acids is 3. The summed E-state index contributed by atoms with van der Waals surface area (Å²) in [6.07, 6.45) is -0.776. The number of amides is 3. The number of ether oxygens (including phenoxy) is 1. The third-order valence-electron chi connectivity index (χ3n) is 7.48. The predicted molar refractivity (Wildman–Crippen MR) is 146 cm³/mol. The van der Waals surface area contributed by atoms with Gasteiger partial charge in [0.15, 0.2) is 5.67 Å². The number of alkyl halides is 1. The fraction of sp³-hybridized carbons (Fsp3) is 0.571. The number of benzene rings is 1. The molecule has 2 aromatic rings. The Morgan fingerprint density at radius 3 is 2.48 bits per heavy atom. The monoisotopic (exact) mass is 578 g/mol. The number of β-amino-alcohol motifs (C(OH)–C–C–N with tert-alkyl or cyclic N) is 1. The first-order valence-corrected chi connectivity index (χ1v) is 14.1. The Hall–Kier alpha value is -3.12. The zero-order valence-corrected chi connectivity index (χ0v) is 24.3. The second-order valence-electron chi connectivity index (χ2n) is 11.7. The molecular weight excluding hydrogens is 542 g/mol. The van der Waals surface area contributed by atoms with Crippen LogP contribution < -0.4 is 15.4 Å². The standard InChI is InChI=1S/C28H36F2N4O5S/c1-14(17-10-19(29)18(11-21(17)39-6)22-15(2)31-13-40-22)32-24(36)20-9-16(35)12-34(20)25(37)23(27(3,4)5)33-26(38)28(30)7-8-28/h10-11,13-14,16,20,23,35H,7-9,12H2,1-6H3,(H,32,36)(H,33,38)/t14-,16+,20-,23-/m0/s1. The van der Waals surface area contributed by atoms with E-state index in [-0.39, 0.29) is 25.8 Å². The largest absolute Gasteiger partial charge is 0.496 e. The Kier molecular flexibility index (Phi) is 8.24. The summed E-state index contributed by atoms with van der Waals surface area (Å²) in [7, 11) is 1.45. The van der Waals surface area contributed by atoms with Gasteiger partial charge < -0.3 is 25.4 Å². The molecule has 1 aliphatic heterocycles. The van der Waals surface area contributed by atoms with Crippen molar-refractivity contribution in [1.29, 1.82) is 0 Å². The maximum Gasteiger partial charge on any atom is 0.258 e. The minimum Gasteiger partial charge on any atom is -0.496 e. The number of aliphatic hydroxyl groups is 1. The van der Waals surface area contributed by atoms with E-state index >= 15 is 4.39 Å². The number of thiazole rings is 1. The van der Waals surface area contributed by atoms with E-state index in [1.54, 1.807) is 46.2 Å². The number of aliphatic hydroxyl groups excluding tert-OH is 1. The van der Waals surface area contributed by atoms with Crippen molar-refractivity contribution in [2.75, 3.05) is 13.7 Å². The van der Waals surface area contributed by atoms with Crippen molar-refractivity contribution in [2.24, 2.45) is 5.41 Å². The number of aryl methyl sites for hydroxylation is 1. The average molecular weight is 579 g/mol. The van der Waals surface area contributed by atoms with Gasteiger partial charge in [-0.3, -0.25) is 14.4 Å². The van der Waals surface area contributed by atoms with Crippen LogP contribution in [0.5, 0.6) is 5.75 Å². The van der Waals surface area contributed by atoms with E-state index in [1.807, 2.05) is 0 Å². The number of nitrogens with zero attached hydrogens (tertiary/aromatic N) is 2. The van der Waals surface area contributed by atoms with Crippen LogP contribution in [0.25, 0.3) is 10.4 Å². The van der Waals surface area contributed by atoms with Gasteiger partial charge in [0.05, 0.1) is 35.3 Å². The molecular formula is C28H36F2N4O5S. The smallest absolute Gasteiger partial charge is 0.258 e. The van der Waals surface area contributed by atoms with E-state index in [0.717, 1.165) is 0 Å². The number of hydrogen-bond donors (Lipinski definition) is 3. The summed E-state index contributed by atoms with van der Waals surface area (Å²) in [5, 5.41) is 15.7. The van der Waals surface area contributed by atoms with Crippen molar-refractivity contribution in [3.05, 3.63) is 34.7 Å². The second-order valence-corrected chi connectivity index (χ2v) is 12.6. The molecule has 1 aromatic carbocycles. The molecule has 2 aliphatic rings. The van der Waals surface area contributed by atoms with Gasteiger partial charge >= 0.3 is 0 Å². The summed E-state index contributed by atoms with van der Waals surface area (Å²) in [6.45, 7) is 8.53. The summed E-state index contributed by atoms with van der Waals surface area (Å²) in [4.78, 5) is 45.6. The molecule has 218 valence electrons. The van der Waals surface area contributed by atoms with E-state index in [0.29, 0.717) is 27.4 Å². The third-order valence-corrected chi connectivity index (χ3v) is 8.45. The fourth-order valence-corrected chi connectivity index (χ4v) is 5.75. The van der Waals surface area contributed by atoms with Crippen molar-refractivity contribution >= 4 is 29.1 Å². The molecule has 1 saturated carbocycles. The van der Waals surface area contributed by atoms with Crippen molar-refractivity contribution in [1.82, 2.24) is 20.5 Å². The first kappa shape index (κ1) is 29.9. The number of nitrogens with one attached hydrogen (secondary N) is 2. The lowest BCUT2D eigenvalue weighted by Gasteiger charge is -2.35. The van der Waals surface area contributed by atoms with E-state index in [9.17, 15) is 23.9 Å². The highest BCUT2D eigenvalue weighted by molar-refractivity contribution is 7.13.